The molecule has 4 heteroatoms. The summed E-state index contributed by atoms with van der Waals surface area (Å²) in [6.07, 6.45) is 0. The van der Waals surface area contributed by atoms with Crippen LogP contribution in [0.2, 0.25) is 0 Å². The van der Waals surface area contributed by atoms with Gasteiger partial charge in [-0.2, -0.15) is 0 Å². The van der Waals surface area contributed by atoms with Crippen molar-refractivity contribution in [3.05, 3.63) is 35.2 Å². The Kier molecular flexibility index (Phi) is 3.99. The van der Waals surface area contributed by atoms with E-state index in [1.165, 1.54) is 15.6 Å². The number of carbonyl (C=O) groups is 1. The molecule has 0 radical (unpaired) electrons. The van der Waals surface area contributed by atoms with Crippen LogP contribution in [-0.4, -0.2) is 17.1 Å². The highest BCUT2D eigenvalue weighted by molar-refractivity contribution is 7.17. The van der Waals surface area contributed by atoms with Crippen LogP contribution in [0.3, 0.4) is 0 Å². The highest BCUT2D eigenvalue weighted by atomic mass is 32.1. The fourth-order valence-corrected chi connectivity index (χ4v) is 2.96. The summed E-state index contributed by atoms with van der Waals surface area (Å²) < 4.78 is 1.24. The van der Waals surface area contributed by atoms with E-state index >= 15 is 0 Å². The monoisotopic (exact) mass is 263 g/mol. The molecular weight excluding hydrogens is 246 g/mol. The molecule has 1 aromatic heterocycles. The summed E-state index contributed by atoms with van der Waals surface area (Å²) in [6.45, 7) is 4.42. The van der Waals surface area contributed by atoms with E-state index in [0.717, 1.165) is 0 Å². The second-order valence-corrected chi connectivity index (χ2v) is 5.61. The Bertz CT molecular complexity index is 547. The number of nitrogens with one attached hydrogen (secondary N) is 1. The molecule has 1 atom stereocenters. The van der Waals surface area contributed by atoms with Gasteiger partial charge in [-0.25, -0.2) is 0 Å². The van der Waals surface area contributed by atoms with Crippen LogP contribution >= 0.6 is 11.3 Å². The Hall–Kier alpha value is -1.39. The van der Waals surface area contributed by atoms with Gasteiger partial charge in [0, 0.05) is 11.2 Å². The number of fused-ring (bicyclic) bond motifs is 1. The molecule has 0 aliphatic rings. The lowest BCUT2D eigenvalue weighted by Gasteiger charge is -2.17. The van der Waals surface area contributed by atoms with Gasteiger partial charge in [0.15, 0.2) is 0 Å². The molecule has 0 aliphatic carbocycles. The molecule has 0 fully saturated rings. The largest absolute Gasteiger partial charge is 0.480 e. The Morgan fingerprint density at radius 1 is 1.39 bits per heavy atom. The summed E-state index contributed by atoms with van der Waals surface area (Å²) in [6, 6.07) is 7.69. The van der Waals surface area contributed by atoms with E-state index in [1.807, 2.05) is 26.0 Å². The van der Waals surface area contributed by atoms with Crippen molar-refractivity contribution in [2.75, 3.05) is 0 Å². The third-order valence-electron chi connectivity index (χ3n) is 3.01. The molecule has 1 aromatic carbocycles. The molecule has 0 bridgehead atoms. The van der Waals surface area contributed by atoms with Crippen LogP contribution in [0, 0.1) is 5.92 Å². The lowest BCUT2D eigenvalue weighted by molar-refractivity contribution is -0.140. The number of benzene rings is 1. The SMILES string of the molecule is CC(C)[C@@H](NCc1csc2ccccc12)C(=O)O. The predicted octanol–water partition coefficient (Wildman–Crippen LogP) is 3.10. The maximum atomic E-state index is 11.1. The smallest absolute Gasteiger partial charge is 0.320 e. The van der Waals surface area contributed by atoms with Gasteiger partial charge in [0.1, 0.15) is 6.04 Å². The Morgan fingerprint density at radius 3 is 2.78 bits per heavy atom. The molecule has 0 unspecified atom stereocenters. The number of thiophene rings is 1. The molecule has 2 aromatic rings. The first-order valence-electron chi connectivity index (χ1n) is 6.01. The van der Waals surface area contributed by atoms with Crippen molar-refractivity contribution in [1.82, 2.24) is 5.32 Å². The third kappa shape index (κ3) is 2.71. The Labute approximate surface area is 110 Å². The standard InChI is InChI=1S/C14H17NO2S/c1-9(2)13(14(16)17)15-7-10-8-18-12-6-4-3-5-11(10)12/h3-6,8-9,13,15H,7H2,1-2H3,(H,16,17)/t13-/m1/s1. The maximum Gasteiger partial charge on any atom is 0.320 e. The summed E-state index contributed by atoms with van der Waals surface area (Å²) in [5, 5.41) is 15.6. The number of hydrogen-bond acceptors (Lipinski definition) is 3. The van der Waals surface area contributed by atoms with Crippen molar-refractivity contribution in [1.29, 1.82) is 0 Å². The van der Waals surface area contributed by atoms with Gasteiger partial charge in [0.25, 0.3) is 0 Å². The normalized spacial score (nSPS) is 13.1. The molecule has 1 heterocycles. The van der Waals surface area contributed by atoms with E-state index in [4.69, 9.17) is 5.11 Å². The molecule has 3 nitrogen and oxygen atoms in total. The minimum atomic E-state index is -0.787. The molecule has 18 heavy (non-hydrogen) atoms. The number of rotatable bonds is 5. The van der Waals surface area contributed by atoms with Crippen LogP contribution in [0.15, 0.2) is 29.6 Å². The average molecular weight is 263 g/mol. The third-order valence-corrected chi connectivity index (χ3v) is 4.02. The van der Waals surface area contributed by atoms with Crippen LogP contribution in [0.1, 0.15) is 19.4 Å². The lowest BCUT2D eigenvalue weighted by Crippen LogP contribution is -2.40. The Morgan fingerprint density at radius 2 is 2.11 bits per heavy atom. The highest BCUT2D eigenvalue weighted by Gasteiger charge is 2.20. The van der Waals surface area contributed by atoms with E-state index in [2.05, 4.69) is 22.8 Å². The van der Waals surface area contributed by atoms with Crippen LogP contribution in [0.4, 0.5) is 0 Å². The lowest BCUT2D eigenvalue weighted by atomic mass is 10.0. The first-order valence-corrected chi connectivity index (χ1v) is 6.89. The van der Waals surface area contributed by atoms with Crippen molar-refractivity contribution in [3.63, 3.8) is 0 Å². The van der Waals surface area contributed by atoms with E-state index in [1.54, 1.807) is 11.3 Å². The summed E-state index contributed by atoms with van der Waals surface area (Å²) in [5.41, 5.74) is 1.17. The first kappa shape index (κ1) is 13.1. The average Bonchev–Trinajstić information content (AvgIpc) is 2.72. The summed E-state index contributed by atoms with van der Waals surface area (Å²) in [7, 11) is 0. The van der Waals surface area contributed by atoms with Crippen molar-refractivity contribution >= 4 is 27.4 Å². The van der Waals surface area contributed by atoms with Crippen molar-refractivity contribution in [2.45, 2.75) is 26.4 Å². The summed E-state index contributed by atoms with van der Waals surface area (Å²) in [4.78, 5) is 11.1. The number of carboxylic acid groups (broad SMARTS) is 1. The minimum Gasteiger partial charge on any atom is -0.480 e. The van der Waals surface area contributed by atoms with Gasteiger partial charge in [0.05, 0.1) is 0 Å². The van der Waals surface area contributed by atoms with E-state index < -0.39 is 12.0 Å². The molecule has 0 spiro atoms. The molecular formula is C14H17NO2S. The van der Waals surface area contributed by atoms with Gasteiger partial charge in [-0.15, -0.1) is 11.3 Å². The van der Waals surface area contributed by atoms with Gasteiger partial charge in [0.2, 0.25) is 0 Å². The zero-order chi connectivity index (χ0) is 13.1. The second kappa shape index (κ2) is 5.50. The zero-order valence-electron chi connectivity index (χ0n) is 10.5. The van der Waals surface area contributed by atoms with E-state index in [9.17, 15) is 4.79 Å². The van der Waals surface area contributed by atoms with E-state index in [-0.39, 0.29) is 5.92 Å². The van der Waals surface area contributed by atoms with Crippen molar-refractivity contribution < 1.29 is 9.90 Å². The highest BCUT2D eigenvalue weighted by Crippen LogP contribution is 2.25. The van der Waals surface area contributed by atoms with Gasteiger partial charge in [-0.3, -0.25) is 4.79 Å². The maximum absolute atomic E-state index is 11.1. The van der Waals surface area contributed by atoms with Gasteiger partial charge in [-0.1, -0.05) is 32.0 Å². The fourth-order valence-electron chi connectivity index (χ4n) is 2.00. The number of carboxylic acids is 1. The summed E-state index contributed by atoms with van der Waals surface area (Å²) in [5.74, 6) is -0.711. The van der Waals surface area contributed by atoms with Crippen LogP contribution in [0.25, 0.3) is 10.1 Å². The van der Waals surface area contributed by atoms with E-state index in [0.29, 0.717) is 6.54 Å². The molecule has 96 valence electrons. The zero-order valence-corrected chi connectivity index (χ0v) is 11.3. The molecule has 0 amide bonds. The topological polar surface area (TPSA) is 49.3 Å². The predicted molar refractivity (Wildman–Crippen MR) is 74.9 cm³/mol. The molecule has 2 rings (SSSR count). The van der Waals surface area contributed by atoms with Crippen LogP contribution in [0.5, 0.6) is 0 Å². The van der Waals surface area contributed by atoms with Gasteiger partial charge < -0.3 is 10.4 Å². The van der Waals surface area contributed by atoms with Crippen LogP contribution < -0.4 is 5.32 Å². The molecule has 0 aliphatic heterocycles. The van der Waals surface area contributed by atoms with Gasteiger partial charge >= 0.3 is 5.97 Å². The van der Waals surface area contributed by atoms with Crippen molar-refractivity contribution in [2.24, 2.45) is 5.92 Å². The van der Waals surface area contributed by atoms with Crippen LogP contribution in [-0.2, 0) is 11.3 Å². The number of hydrogen-bond donors (Lipinski definition) is 2. The number of aliphatic carboxylic acids is 1. The molecule has 2 N–H and O–H groups in total. The molecule has 0 saturated carbocycles. The summed E-state index contributed by atoms with van der Waals surface area (Å²) >= 11 is 1.69. The molecule has 0 saturated heterocycles. The van der Waals surface area contributed by atoms with Crippen molar-refractivity contribution in [3.8, 4) is 0 Å². The first-order chi connectivity index (χ1) is 8.59. The second-order valence-electron chi connectivity index (χ2n) is 4.70. The quantitative estimate of drug-likeness (QED) is 0.871. The van der Waals surface area contributed by atoms with Gasteiger partial charge in [-0.05, 0) is 28.3 Å². The fraction of sp³-hybridized carbons (Fsp3) is 0.357. The minimum absolute atomic E-state index is 0.0763. The Balaban J connectivity index is 2.12.